The topological polar surface area (TPSA) is 12.0 Å². The zero-order valence-corrected chi connectivity index (χ0v) is 12.1. The van der Waals surface area contributed by atoms with Crippen LogP contribution in [0.15, 0.2) is 12.2 Å². The van der Waals surface area contributed by atoms with Crippen molar-refractivity contribution in [2.75, 3.05) is 13.1 Å². The van der Waals surface area contributed by atoms with Gasteiger partial charge in [-0.05, 0) is 38.8 Å². The molecule has 0 aliphatic rings. The van der Waals surface area contributed by atoms with Gasteiger partial charge in [0.05, 0.1) is 0 Å². The fourth-order valence-corrected chi connectivity index (χ4v) is 1.94. The van der Waals surface area contributed by atoms with E-state index in [0.29, 0.717) is 0 Å². The second-order valence-corrected chi connectivity index (χ2v) is 4.92. The summed E-state index contributed by atoms with van der Waals surface area (Å²) < 4.78 is 0. The van der Waals surface area contributed by atoms with Crippen LogP contribution in [0.25, 0.3) is 0 Å². The van der Waals surface area contributed by atoms with Gasteiger partial charge in [-0.25, -0.2) is 0 Å². The maximum absolute atomic E-state index is 3.41. The maximum Gasteiger partial charge on any atom is -0.00143 e. The van der Waals surface area contributed by atoms with Gasteiger partial charge in [0, 0.05) is 0 Å². The van der Waals surface area contributed by atoms with Gasteiger partial charge in [-0.15, -0.1) is 0 Å². The number of nitrogens with one attached hydrogen (secondary N) is 1. The van der Waals surface area contributed by atoms with E-state index in [9.17, 15) is 0 Å². The highest BCUT2D eigenvalue weighted by Gasteiger charge is 1.89. The molecule has 0 aromatic heterocycles. The number of unbranched alkanes of at least 4 members (excludes halogenated alkanes) is 7. The van der Waals surface area contributed by atoms with E-state index < -0.39 is 0 Å². The van der Waals surface area contributed by atoms with Crippen LogP contribution in [-0.4, -0.2) is 13.1 Å². The van der Waals surface area contributed by atoms with E-state index in [1.54, 1.807) is 0 Å². The normalized spacial score (nSPS) is 11.4. The molecule has 0 rings (SSSR count). The van der Waals surface area contributed by atoms with E-state index in [0.717, 1.165) is 13.1 Å². The average molecular weight is 239 g/mol. The first kappa shape index (κ1) is 16.7. The number of rotatable bonds is 13. The summed E-state index contributed by atoms with van der Waals surface area (Å²) in [6.45, 7) is 6.79. The molecule has 0 aromatic rings. The monoisotopic (exact) mass is 239 g/mol. The third-order valence-corrected chi connectivity index (χ3v) is 3.06. The summed E-state index contributed by atoms with van der Waals surface area (Å²) in [4.78, 5) is 0. The Hall–Kier alpha value is -0.300. The van der Waals surface area contributed by atoms with Crippen molar-refractivity contribution in [1.29, 1.82) is 0 Å². The molecule has 1 nitrogen and oxygen atoms in total. The van der Waals surface area contributed by atoms with Crippen LogP contribution in [0.1, 0.15) is 78.1 Å². The number of hydrogen-bond donors (Lipinski definition) is 1. The quantitative estimate of drug-likeness (QED) is 0.349. The molecule has 1 heteroatoms. The lowest BCUT2D eigenvalue weighted by atomic mass is 10.1. The van der Waals surface area contributed by atoms with Crippen LogP contribution < -0.4 is 5.32 Å². The standard InChI is InChI=1S/C16H33N/c1-3-5-6-7-8-9-10-11-12-13-14-16-17-15-4-2/h12-13,17H,3-11,14-16H2,1-2H3. The molecule has 0 aliphatic heterocycles. The van der Waals surface area contributed by atoms with Gasteiger partial charge in [-0.2, -0.15) is 0 Å². The van der Waals surface area contributed by atoms with E-state index in [1.165, 1.54) is 64.2 Å². The molecule has 0 unspecified atom stereocenters. The Morgan fingerprint density at radius 2 is 1.29 bits per heavy atom. The molecule has 0 aromatic carbocycles. The largest absolute Gasteiger partial charge is 0.316 e. The lowest BCUT2D eigenvalue weighted by Gasteiger charge is -1.99. The van der Waals surface area contributed by atoms with E-state index in [2.05, 4.69) is 31.3 Å². The summed E-state index contributed by atoms with van der Waals surface area (Å²) in [6, 6.07) is 0. The predicted molar refractivity (Wildman–Crippen MR) is 79.5 cm³/mol. The summed E-state index contributed by atoms with van der Waals surface area (Å²) in [5, 5.41) is 3.41. The van der Waals surface area contributed by atoms with Gasteiger partial charge in [0.2, 0.25) is 0 Å². The third kappa shape index (κ3) is 15.7. The van der Waals surface area contributed by atoms with Crippen LogP contribution in [0, 0.1) is 0 Å². The molecule has 17 heavy (non-hydrogen) atoms. The lowest BCUT2D eigenvalue weighted by Crippen LogP contribution is -2.14. The van der Waals surface area contributed by atoms with Crippen LogP contribution in [0.3, 0.4) is 0 Å². The fourth-order valence-electron chi connectivity index (χ4n) is 1.94. The Labute approximate surface area is 109 Å². The fraction of sp³-hybridized carbons (Fsp3) is 0.875. The van der Waals surface area contributed by atoms with Gasteiger partial charge in [0.15, 0.2) is 0 Å². The molecule has 102 valence electrons. The second-order valence-electron chi connectivity index (χ2n) is 4.92. The second kappa shape index (κ2) is 15.7. The van der Waals surface area contributed by atoms with Crippen molar-refractivity contribution >= 4 is 0 Å². The summed E-state index contributed by atoms with van der Waals surface area (Å²) >= 11 is 0. The van der Waals surface area contributed by atoms with Gasteiger partial charge in [-0.1, -0.05) is 64.5 Å². The van der Waals surface area contributed by atoms with Crippen LogP contribution in [0.5, 0.6) is 0 Å². The van der Waals surface area contributed by atoms with Gasteiger partial charge >= 0.3 is 0 Å². The Morgan fingerprint density at radius 1 is 0.647 bits per heavy atom. The maximum atomic E-state index is 3.41. The van der Waals surface area contributed by atoms with E-state index in [1.807, 2.05) is 0 Å². The zero-order valence-electron chi connectivity index (χ0n) is 12.1. The third-order valence-electron chi connectivity index (χ3n) is 3.06. The molecule has 0 amide bonds. The van der Waals surface area contributed by atoms with Crippen LogP contribution in [0.4, 0.5) is 0 Å². The van der Waals surface area contributed by atoms with E-state index in [4.69, 9.17) is 0 Å². The molecule has 0 bridgehead atoms. The Balaban J connectivity index is 2.99. The summed E-state index contributed by atoms with van der Waals surface area (Å²) in [7, 11) is 0. The molecule has 0 radical (unpaired) electrons. The molecule has 0 aliphatic carbocycles. The minimum Gasteiger partial charge on any atom is -0.316 e. The van der Waals surface area contributed by atoms with Crippen molar-refractivity contribution < 1.29 is 0 Å². The molecule has 0 spiro atoms. The van der Waals surface area contributed by atoms with Crippen LogP contribution in [0.2, 0.25) is 0 Å². The highest BCUT2D eigenvalue weighted by molar-refractivity contribution is 4.81. The summed E-state index contributed by atoms with van der Waals surface area (Å²) in [5.41, 5.74) is 0. The van der Waals surface area contributed by atoms with Crippen molar-refractivity contribution in [3.05, 3.63) is 12.2 Å². The summed E-state index contributed by atoms with van der Waals surface area (Å²) in [5.74, 6) is 0. The smallest absolute Gasteiger partial charge is 0.00143 e. The predicted octanol–water partition coefficient (Wildman–Crippen LogP) is 5.07. The SMILES string of the molecule is CCCCCCCCCC=CCCNCCC. The van der Waals surface area contributed by atoms with Gasteiger partial charge in [0.1, 0.15) is 0 Å². The molecule has 0 saturated carbocycles. The van der Waals surface area contributed by atoms with Gasteiger partial charge < -0.3 is 5.32 Å². The average Bonchev–Trinajstić information content (AvgIpc) is 2.35. The molecule has 0 heterocycles. The van der Waals surface area contributed by atoms with Crippen molar-refractivity contribution in [2.45, 2.75) is 78.1 Å². The number of hydrogen-bond acceptors (Lipinski definition) is 1. The van der Waals surface area contributed by atoms with Crippen molar-refractivity contribution in [2.24, 2.45) is 0 Å². The first-order chi connectivity index (χ1) is 8.41. The van der Waals surface area contributed by atoms with Crippen LogP contribution >= 0.6 is 0 Å². The van der Waals surface area contributed by atoms with Crippen molar-refractivity contribution in [3.8, 4) is 0 Å². The Morgan fingerprint density at radius 3 is 2.00 bits per heavy atom. The zero-order chi connectivity index (χ0) is 12.6. The molecule has 0 atom stereocenters. The highest BCUT2D eigenvalue weighted by atomic mass is 14.8. The highest BCUT2D eigenvalue weighted by Crippen LogP contribution is 2.08. The minimum atomic E-state index is 1.14. The van der Waals surface area contributed by atoms with Gasteiger partial charge in [0.25, 0.3) is 0 Å². The van der Waals surface area contributed by atoms with E-state index in [-0.39, 0.29) is 0 Å². The van der Waals surface area contributed by atoms with Crippen molar-refractivity contribution in [1.82, 2.24) is 5.32 Å². The number of allylic oxidation sites excluding steroid dienone is 1. The van der Waals surface area contributed by atoms with Gasteiger partial charge in [-0.3, -0.25) is 0 Å². The Bertz CT molecular complexity index is 152. The van der Waals surface area contributed by atoms with Crippen LogP contribution in [-0.2, 0) is 0 Å². The molecular weight excluding hydrogens is 206 g/mol. The van der Waals surface area contributed by atoms with E-state index >= 15 is 0 Å². The first-order valence-electron chi connectivity index (χ1n) is 7.77. The first-order valence-corrected chi connectivity index (χ1v) is 7.77. The molecule has 0 fully saturated rings. The molecule has 1 N–H and O–H groups in total. The molecule has 0 saturated heterocycles. The van der Waals surface area contributed by atoms with Crippen molar-refractivity contribution in [3.63, 3.8) is 0 Å². The summed E-state index contributed by atoms with van der Waals surface area (Å²) in [6.07, 6.45) is 18.3. The lowest BCUT2D eigenvalue weighted by molar-refractivity contribution is 0.592. The minimum absolute atomic E-state index is 1.14. The molecular formula is C16H33N. The Kier molecular flexibility index (Phi) is 15.4.